The number of carbonyl (C=O) groups excluding carboxylic acids is 2. The van der Waals surface area contributed by atoms with Gasteiger partial charge in [-0.05, 0) is 38.5 Å². The van der Waals surface area contributed by atoms with Gasteiger partial charge in [0.25, 0.3) is 0 Å². The number of hydrogen-bond donors (Lipinski definition) is 0. The second-order valence-electron chi connectivity index (χ2n) is 5.04. The standard InChI is InChI=1S/C18H19BrO5/c1-4-22-17(20)15-10-13(12-8-6-7-9-14(12)19)16(11(3)24-15)18(21)23-5-2/h6-10,13H,4-5H2,1-3H3. The first-order chi connectivity index (χ1) is 11.5. The lowest BCUT2D eigenvalue weighted by Crippen LogP contribution is -2.23. The van der Waals surface area contributed by atoms with Gasteiger partial charge in [-0.2, -0.15) is 0 Å². The van der Waals surface area contributed by atoms with Gasteiger partial charge in [0.15, 0.2) is 0 Å². The predicted molar refractivity (Wildman–Crippen MR) is 92.0 cm³/mol. The molecule has 6 heteroatoms. The number of allylic oxidation sites excluding steroid dienone is 2. The van der Waals surface area contributed by atoms with Crippen molar-refractivity contribution in [2.45, 2.75) is 26.7 Å². The fraction of sp³-hybridized carbons (Fsp3) is 0.333. The fourth-order valence-electron chi connectivity index (χ4n) is 2.47. The Morgan fingerprint density at radius 1 is 1.12 bits per heavy atom. The van der Waals surface area contributed by atoms with Crippen LogP contribution in [0.4, 0.5) is 0 Å². The van der Waals surface area contributed by atoms with E-state index in [0.717, 1.165) is 10.0 Å². The number of benzene rings is 1. The normalized spacial score (nSPS) is 17.0. The molecule has 0 radical (unpaired) electrons. The number of halogens is 1. The Morgan fingerprint density at radius 3 is 2.38 bits per heavy atom. The lowest BCUT2D eigenvalue weighted by Gasteiger charge is -2.25. The van der Waals surface area contributed by atoms with Crippen LogP contribution in [0.5, 0.6) is 0 Å². The van der Waals surface area contributed by atoms with Gasteiger partial charge in [0, 0.05) is 10.4 Å². The van der Waals surface area contributed by atoms with Crippen molar-refractivity contribution >= 4 is 27.9 Å². The molecule has 0 aromatic heterocycles. The number of ether oxygens (including phenoxy) is 3. The van der Waals surface area contributed by atoms with Crippen molar-refractivity contribution in [2.75, 3.05) is 13.2 Å². The highest BCUT2D eigenvalue weighted by molar-refractivity contribution is 9.10. The van der Waals surface area contributed by atoms with Gasteiger partial charge >= 0.3 is 11.9 Å². The Hall–Kier alpha value is -2.08. The van der Waals surface area contributed by atoms with E-state index in [2.05, 4.69) is 15.9 Å². The van der Waals surface area contributed by atoms with Crippen LogP contribution >= 0.6 is 15.9 Å². The molecule has 1 aliphatic heterocycles. The first-order valence-corrected chi connectivity index (χ1v) is 8.47. The topological polar surface area (TPSA) is 61.8 Å². The van der Waals surface area contributed by atoms with Gasteiger partial charge in [-0.15, -0.1) is 0 Å². The zero-order valence-corrected chi connectivity index (χ0v) is 15.4. The average Bonchev–Trinajstić information content (AvgIpc) is 2.55. The molecule has 0 saturated heterocycles. The highest BCUT2D eigenvalue weighted by atomic mass is 79.9. The van der Waals surface area contributed by atoms with Gasteiger partial charge in [0.05, 0.1) is 18.8 Å². The summed E-state index contributed by atoms with van der Waals surface area (Å²) in [6.45, 7) is 5.60. The molecular weight excluding hydrogens is 376 g/mol. The monoisotopic (exact) mass is 394 g/mol. The molecular formula is C18H19BrO5. The van der Waals surface area contributed by atoms with E-state index in [4.69, 9.17) is 14.2 Å². The van der Waals surface area contributed by atoms with Crippen LogP contribution in [0.25, 0.3) is 0 Å². The molecule has 1 aliphatic rings. The molecule has 0 amide bonds. The van der Waals surface area contributed by atoms with Crippen LogP contribution in [-0.4, -0.2) is 25.2 Å². The lowest BCUT2D eigenvalue weighted by molar-refractivity contribution is -0.143. The largest absolute Gasteiger partial charge is 0.463 e. The molecule has 0 saturated carbocycles. The van der Waals surface area contributed by atoms with Gasteiger partial charge in [0.1, 0.15) is 5.76 Å². The van der Waals surface area contributed by atoms with Gasteiger partial charge in [-0.3, -0.25) is 0 Å². The second kappa shape index (κ2) is 8.15. The Bertz CT molecular complexity index is 705. The maximum Gasteiger partial charge on any atom is 0.373 e. The SMILES string of the molecule is CCOC(=O)C1=CC(c2ccccc2Br)C(C(=O)OCC)=C(C)O1. The molecule has 24 heavy (non-hydrogen) atoms. The maximum absolute atomic E-state index is 12.4. The summed E-state index contributed by atoms with van der Waals surface area (Å²) in [6.07, 6.45) is 1.59. The summed E-state index contributed by atoms with van der Waals surface area (Å²) in [5.41, 5.74) is 1.21. The number of carbonyl (C=O) groups is 2. The zero-order chi connectivity index (χ0) is 17.7. The fourth-order valence-corrected chi connectivity index (χ4v) is 3.00. The molecule has 1 aromatic carbocycles. The minimum absolute atomic E-state index is 0.0724. The van der Waals surface area contributed by atoms with Crippen LogP contribution in [0.2, 0.25) is 0 Å². The summed E-state index contributed by atoms with van der Waals surface area (Å²) in [7, 11) is 0. The predicted octanol–water partition coefficient (Wildman–Crippen LogP) is 3.85. The third-order valence-corrected chi connectivity index (χ3v) is 4.21. The Kier molecular flexibility index (Phi) is 6.20. The number of esters is 2. The third kappa shape index (κ3) is 3.87. The van der Waals surface area contributed by atoms with Gasteiger partial charge in [-0.1, -0.05) is 34.1 Å². The lowest BCUT2D eigenvalue weighted by atomic mass is 9.88. The molecule has 0 bridgehead atoms. The molecule has 0 aliphatic carbocycles. The summed E-state index contributed by atoms with van der Waals surface area (Å²) in [4.78, 5) is 24.4. The minimum atomic E-state index is -0.559. The van der Waals surface area contributed by atoms with Gasteiger partial charge < -0.3 is 14.2 Å². The Labute approximate surface area is 149 Å². The molecule has 2 rings (SSSR count). The number of rotatable bonds is 5. The van der Waals surface area contributed by atoms with E-state index in [9.17, 15) is 9.59 Å². The van der Waals surface area contributed by atoms with E-state index < -0.39 is 17.9 Å². The van der Waals surface area contributed by atoms with Crippen LogP contribution in [0, 0.1) is 0 Å². The van der Waals surface area contributed by atoms with Gasteiger partial charge in [-0.25, -0.2) is 9.59 Å². The van der Waals surface area contributed by atoms with Crippen molar-refractivity contribution < 1.29 is 23.8 Å². The summed E-state index contributed by atoms with van der Waals surface area (Å²) in [5, 5.41) is 0. The van der Waals surface area contributed by atoms with Crippen LogP contribution in [0.3, 0.4) is 0 Å². The molecule has 0 spiro atoms. The first kappa shape index (κ1) is 18.3. The molecule has 5 nitrogen and oxygen atoms in total. The van der Waals surface area contributed by atoms with E-state index in [-0.39, 0.29) is 19.0 Å². The molecule has 1 heterocycles. The summed E-state index contributed by atoms with van der Waals surface area (Å²) >= 11 is 3.49. The molecule has 1 atom stereocenters. The van der Waals surface area contributed by atoms with Crippen molar-refractivity contribution in [3.8, 4) is 0 Å². The molecule has 0 N–H and O–H groups in total. The van der Waals surface area contributed by atoms with E-state index in [1.807, 2.05) is 24.3 Å². The van der Waals surface area contributed by atoms with Crippen molar-refractivity contribution in [3.05, 3.63) is 57.5 Å². The van der Waals surface area contributed by atoms with Crippen molar-refractivity contribution in [3.63, 3.8) is 0 Å². The van der Waals surface area contributed by atoms with Crippen LogP contribution in [0.15, 0.2) is 51.9 Å². The second-order valence-corrected chi connectivity index (χ2v) is 5.90. The molecule has 0 fully saturated rings. The summed E-state index contributed by atoms with van der Waals surface area (Å²) in [5.74, 6) is -1.08. The highest BCUT2D eigenvalue weighted by Gasteiger charge is 2.33. The maximum atomic E-state index is 12.4. The van der Waals surface area contributed by atoms with Crippen molar-refractivity contribution in [1.29, 1.82) is 0 Å². The van der Waals surface area contributed by atoms with E-state index in [1.165, 1.54) is 0 Å². The van der Waals surface area contributed by atoms with Crippen molar-refractivity contribution in [2.24, 2.45) is 0 Å². The highest BCUT2D eigenvalue weighted by Crippen LogP contribution is 2.38. The van der Waals surface area contributed by atoms with Crippen LogP contribution in [0.1, 0.15) is 32.3 Å². The molecule has 1 aromatic rings. The quantitative estimate of drug-likeness (QED) is 0.709. The van der Waals surface area contributed by atoms with Gasteiger partial charge in [0.2, 0.25) is 5.76 Å². The smallest absolute Gasteiger partial charge is 0.373 e. The Balaban J connectivity index is 2.51. The van der Waals surface area contributed by atoms with E-state index in [1.54, 1.807) is 26.8 Å². The summed E-state index contributed by atoms with van der Waals surface area (Å²) < 4.78 is 16.5. The minimum Gasteiger partial charge on any atom is -0.463 e. The van der Waals surface area contributed by atoms with E-state index >= 15 is 0 Å². The van der Waals surface area contributed by atoms with Crippen molar-refractivity contribution in [1.82, 2.24) is 0 Å². The van der Waals surface area contributed by atoms with Crippen LogP contribution in [-0.2, 0) is 23.8 Å². The molecule has 128 valence electrons. The molecule has 1 unspecified atom stereocenters. The average molecular weight is 395 g/mol. The first-order valence-electron chi connectivity index (χ1n) is 7.68. The Morgan fingerprint density at radius 2 is 1.75 bits per heavy atom. The number of hydrogen-bond acceptors (Lipinski definition) is 5. The zero-order valence-electron chi connectivity index (χ0n) is 13.8. The third-order valence-electron chi connectivity index (χ3n) is 3.48. The van der Waals surface area contributed by atoms with E-state index in [0.29, 0.717) is 11.3 Å². The van der Waals surface area contributed by atoms with Crippen LogP contribution < -0.4 is 0 Å². The summed E-state index contributed by atoms with van der Waals surface area (Å²) in [6, 6.07) is 7.50.